The second kappa shape index (κ2) is 7.21. The molecule has 126 valence electrons. The van der Waals surface area contributed by atoms with Gasteiger partial charge in [0.05, 0.1) is 12.2 Å². The predicted octanol–water partition coefficient (Wildman–Crippen LogP) is 2.29. The Hall–Kier alpha value is -2.76. The molecule has 1 N–H and O–H groups in total. The molecular weight excluding hydrogens is 306 g/mol. The summed E-state index contributed by atoms with van der Waals surface area (Å²) >= 11 is 0. The number of ether oxygens (including phenoxy) is 1. The molecule has 0 radical (unpaired) electrons. The minimum atomic E-state index is -0.339. The molecule has 1 aromatic heterocycles. The third-order valence-corrected chi connectivity index (χ3v) is 4.08. The molecule has 1 saturated heterocycles. The summed E-state index contributed by atoms with van der Waals surface area (Å²) in [6.07, 6.45) is 1.57. The largest absolute Gasteiger partial charge is 0.508 e. The molecule has 1 aromatic carbocycles. The zero-order chi connectivity index (χ0) is 16.9. The first-order valence-corrected chi connectivity index (χ1v) is 8.09. The Morgan fingerprint density at radius 1 is 1.08 bits per heavy atom. The number of aromatic nitrogens is 1. The number of carbonyl (C=O) groups excluding carboxylic acids is 1. The first-order chi connectivity index (χ1) is 11.7. The summed E-state index contributed by atoms with van der Waals surface area (Å²) in [5.41, 5.74) is 1.58. The molecule has 1 aliphatic heterocycles. The summed E-state index contributed by atoms with van der Waals surface area (Å²) in [5.74, 6) is 0.811. The van der Waals surface area contributed by atoms with Crippen LogP contribution < -0.4 is 9.80 Å². The predicted molar refractivity (Wildman–Crippen MR) is 92.7 cm³/mol. The maximum atomic E-state index is 11.7. The fourth-order valence-corrected chi connectivity index (χ4v) is 2.77. The zero-order valence-electron chi connectivity index (χ0n) is 13.7. The van der Waals surface area contributed by atoms with Gasteiger partial charge in [0.1, 0.15) is 11.6 Å². The number of esters is 1. The first-order valence-electron chi connectivity index (χ1n) is 8.09. The number of carbonyl (C=O) groups is 1. The van der Waals surface area contributed by atoms with Crippen LogP contribution >= 0.6 is 0 Å². The van der Waals surface area contributed by atoms with Gasteiger partial charge in [-0.15, -0.1) is 0 Å². The lowest BCUT2D eigenvalue weighted by atomic mass is 10.2. The lowest BCUT2D eigenvalue weighted by molar-refractivity contribution is 0.0526. The molecule has 0 saturated carbocycles. The quantitative estimate of drug-likeness (QED) is 0.869. The van der Waals surface area contributed by atoms with Crippen molar-refractivity contribution in [2.45, 2.75) is 6.92 Å². The van der Waals surface area contributed by atoms with Crippen LogP contribution in [0.1, 0.15) is 17.3 Å². The molecule has 0 bridgehead atoms. The highest BCUT2D eigenvalue weighted by atomic mass is 16.5. The maximum Gasteiger partial charge on any atom is 0.339 e. The van der Waals surface area contributed by atoms with E-state index in [-0.39, 0.29) is 11.7 Å². The molecule has 1 aliphatic rings. The van der Waals surface area contributed by atoms with Crippen molar-refractivity contribution in [2.75, 3.05) is 42.6 Å². The van der Waals surface area contributed by atoms with E-state index < -0.39 is 0 Å². The molecule has 6 nitrogen and oxygen atoms in total. The van der Waals surface area contributed by atoms with Gasteiger partial charge in [0.25, 0.3) is 0 Å². The number of nitrogens with zero attached hydrogens (tertiary/aromatic N) is 3. The van der Waals surface area contributed by atoms with E-state index in [9.17, 15) is 9.90 Å². The molecule has 1 fully saturated rings. The number of aromatic hydroxyl groups is 1. The van der Waals surface area contributed by atoms with Crippen molar-refractivity contribution in [2.24, 2.45) is 0 Å². The number of pyridine rings is 1. The summed E-state index contributed by atoms with van der Waals surface area (Å²) in [6.45, 7) is 5.62. The Kier molecular flexibility index (Phi) is 4.84. The van der Waals surface area contributed by atoms with Gasteiger partial charge in [-0.25, -0.2) is 9.78 Å². The second-order valence-electron chi connectivity index (χ2n) is 5.62. The fraction of sp³-hybridized carbons (Fsp3) is 0.333. The van der Waals surface area contributed by atoms with E-state index in [0.717, 1.165) is 37.7 Å². The number of hydrogen-bond donors (Lipinski definition) is 1. The van der Waals surface area contributed by atoms with Gasteiger partial charge in [-0.3, -0.25) is 0 Å². The Balaban J connectivity index is 1.60. The van der Waals surface area contributed by atoms with Crippen LogP contribution in [-0.4, -0.2) is 48.8 Å². The summed E-state index contributed by atoms with van der Waals surface area (Å²) in [4.78, 5) is 20.5. The van der Waals surface area contributed by atoms with Crippen LogP contribution in [0.4, 0.5) is 11.5 Å². The van der Waals surface area contributed by atoms with Crippen molar-refractivity contribution in [1.29, 1.82) is 0 Å². The van der Waals surface area contributed by atoms with E-state index in [4.69, 9.17) is 4.74 Å². The normalized spacial score (nSPS) is 14.5. The molecule has 3 rings (SSSR count). The van der Waals surface area contributed by atoms with Gasteiger partial charge in [0.15, 0.2) is 0 Å². The fourth-order valence-electron chi connectivity index (χ4n) is 2.77. The Labute approximate surface area is 141 Å². The summed E-state index contributed by atoms with van der Waals surface area (Å²) in [7, 11) is 0. The van der Waals surface area contributed by atoms with Gasteiger partial charge in [-0.1, -0.05) is 0 Å². The SMILES string of the molecule is CCOC(=O)c1ccc(N2CCN(c3ccc(O)cc3)CC2)nc1. The summed E-state index contributed by atoms with van der Waals surface area (Å²) in [6, 6.07) is 10.9. The number of phenols is 1. The third-order valence-electron chi connectivity index (χ3n) is 4.08. The highest BCUT2D eigenvalue weighted by molar-refractivity contribution is 5.89. The van der Waals surface area contributed by atoms with Crippen molar-refractivity contribution in [3.05, 3.63) is 48.2 Å². The molecular formula is C18H21N3O3. The van der Waals surface area contributed by atoms with Gasteiger partial charge in [-0.05, 0) is 43.3 Å². The van der Waals surface area contributed by atoms with Gasteiger partial charge >= 0.3 is 5.97 Å². The Morgan fingerprint density at radius 3 is 2.33 bits per heavy atom. The van der Waals surface area contributed by atoms with Crippen molar-refractivity contribution < 1.29 is 14.6 Å². The van der Waals surface area contributed by atoms with Crippen LogP contribution in [0.15, 0.2) is 42.6 Å². The topological polar surface area (TPSA) is 65.9 Å². The standard InChI is InChI=1S/C18H21N3O3/c1-2-24-18(23)14-3-8-17(19-13-14)21-11-9-20(10-12-21)15-4-6-16(22)7-5-15/h3-8,13,22H,2,9-12H2,1H3. The van der Waals surface area contributed by atoms with Crippen molar-refractivity contribution >= 4 is 17.5 Å². The molecule has 0 atom stereocenters. The zero-order valence-corrected chi connectivity index (χ0v) is 13.7. The van der Waals surface area contributed by atoms with E-state index in [1.165, 1.54) is 0 Å². The number of piperazine rings is 1. The number of rotatable bonds is 4. The monoisotopic (exact) mass is 327 g/mol. The highest BCUT2D eigenvalue weighted by Gasteiger charge is 2.18. The lowest BCUT2D eigenvalue weighted by Crippen LogP contribution is -2.46. The molecule has 0 unspecified atom stereocenters. The van der Waals surface area contributed by atoms with E-state index in [1.807, 2.05) is 18.2 Å². The highest BCUT2D eigenvalue weighted by Crippen LogP contribution is 2.21. The summed E-state index contributed by atoms with van der Waals surface area (Å²) < 4.78 is 4.97. The molecule has 24 heavy (non-hydrogen) atoms. The first kappa shape index (κ1) is 16.1. The molecule has 0 amide bonds. The van der Waals surface area contributed by atoms with Crippen LogP contribution in [0.2, 0.25) is 0 Å². The summed E-state index contributed by atoms with van der Waals surface area (Å²) in [5, 5.41) is 9.37. The van der Waals surface area contributed by atoms with Crippen LogP contribution in [0.5, 0.6) is 5.75 Å². The lowest BCUT2D eigenvalue weighted by Gasteiger charge is -2.36. The Bertz CT molecular complexity index is 678. The number of anilines is 2. The number of hydrogen-bond acceptors (Lipinski definition) is 6. The Morgan fingerprint density at radius 2 is 1.75 bits per heavy atom. The smallest absolute Gasteiger partial charge is 0.339 e. The maximum absolute atomic E-state index is 11.7. The van der Waals surface area contributed by atoms with Crippen molar-refractivity contribution in [3.63, 3.8) is 0 Å². The third kappa shape index (κ3) is 3.59. The number of benzene rings is 1. The average molecular weight is 327 g/mol. The number of phenolic OH excluding ortho intramolecular Hbond substituents is 1. The van der Waals surface area contributed by atoms with E-state index in [2.05, 4.69) is 14.8 Å². The van der Waals surface area contributed by atoms with E-state index in [0.29, 0.717) is 12.2 Å². The van der Waals surface area contributed by atoms with Crippen LogP contribution in [-0.2, 0) is 4.74 Å². The molecule has 0 spiro atoms. The minimum Gasteiger partial charge on any atom is -0.508 e. The van der Waals surface area contributed by atoms with Gasteiger partial charge in [-0.2, -0.15) is 0 Å². The second-order valence-corrected chi connectivity index (χ2v) is 5.62. The van der Waals surface area contributed by atoms with E-state index >= 15 is 0 Å². The van der Waals surface area contributed by atoms with Crippen LogP contribution in [0.25, 0.3) is 0 Å². The molecule has 2 aromatic rings. The molecule has 2 heterocycles. The minimum absolute atomic E-state index is 0.281. The van der Waals surface area contributed by atoms with Gasteiger partial charge in [0, 0.05) is 38.1 Å². The van der Waals surface area contributed by atoms with Crippen LogP contribution in [0.3, 0.4) is 0 Å². The van der Waals surface area contributed by atoms with Gasteiger partial charge in [0.2, 0.25) is 0 Å². The van der Waals surface area contributed by atoms with Crippen molar-refractivity contribution in [3.8, 4) is 5.75 Å². The molecule has 0 aliphatic carbocycles. The average Bonchev–Trinajstić information content (AvgIpc) is 2.63. The van der Waals surface area contributed by atoms with Crippen LogP contribution in [0, 0.1) is 0 Å². The molecule has 6 heteroatoms. The van der Waals surface area contributed by atoms with E-state index in [1.54, 1.807) is 31.3 Å². The van der Waals surface area contributed by atoms with Crippen molar-refractivity contribution in [1.82, 2.24) is 4.98 Å². The van der Waals surface area contributed by atoms with Gasteiger partial charge < -0.3 is 19.6 Å².